The summed E-state index contributed by atoms with van der Waals surface area (Å²) in [5, 5.41) is 21.6. The lowest BCUT2D eigenvalue weighted by Crippen LogP contribution is -2.29. The fourth-order valence-electron chi connectivity index (χ4n) is 2.48. The van der Waals surface area contributed by atoms with E-state index in [1.54, 1.807) is 6.92 Å². The first-order valence-corrected chi connectivity index (χ1v) is 6.95. The summed E-state index contributed by atoms with van der Waals surface area (Å²) in [4.78, 5) is 18.9. The van der Waals surface area contributed by atoms with E-state index in [-0.39, 0.29) is 18.1 Å². The monoisotopic (exact) mass is 292 g/mol. The molecule has 1 fully saturated rings. The second-order valence-corrected chi connectivity index (χ2v) is 5.25. The molecule has 1 heterocycles. The molecule has 0 spiro atoms. The molecule has 1 aliphatic rings. The van der Waals surface area contributed by atoms with Crippen molar-refractivity contribution < 1.29 is 15.0 Å². The van der Waals surface area contributed by atoms with Crippen LogP contribution in [0.15, 0.2) is 6.08 Å². The van der Waals surface area contributed by atoms with E-state index < -0.39 is 5.97 Å². The number of nitrogen functional groups attached to an aromatic ring is 1. The fraction of sp³-hybridized carbons (Fsp3) is 0.500. The third-order valence-electron chi connectivity index (χ3n) is 3.58. The molecule has 0 aliphatic heterocycles. The third kappa shape index (κ3) is 4.16. The van der Waals surface area contributed by atoms with Crippen LogP contribution >= 0.6 is 0 Å². The molecule has 1 aromatic rings. The van der Waals surface area contributed by atoms with Gasteiger partial charge in [-0.1, -0.05) is 0 Å². The van der Waals surface area contributed by atoms with Gasteiger partial charge in [0.25, 0.3) is 0 Å². The highest BCUT2D eigenvalue weighted by Gasteiger charge is 2.21. The first-order valence-electron chi connectivity index (χ1n) is 6.95. The fourth-order valence-corrected chi connectivity index (χ4v) is 2.48. The number of aliphatic carboxylic acids is 1. The van der Waals surface area contributed by atoms with Gasteiger partial charge in [0.1, 0.15) is 5.82 Å². The quantitative estimate of drug-likeness (QED) is 0.615. The topological polar surface area (TPSA) is 121 Å². The summed E-state index contributed by atoms with van der Waals surface area (Å²) < 4.78 is 0. The molecule has 0 aromatic carbocycles. The predicted octanol–water partition coefficient (Wildman–Crippen LogP) is 1.18. The molecule has 1 aromatic heterocycles. The minimum absolute atomic E-state index is 0.151. The van der Waals surface area contributed by atoms with E-state index >= 15 is 0 Å². The van der Waals surface area contributed by atoms with Gasteiger partial charge in [0, 0.05) is 17.7 Å². The molecule has 0 unspecified atom stereocenters. The number of rotatable bonds is 4. The Morgan fingerprint density at radius 2 is 2.00 bits per heavy atom. The summed E-state index contributed by atoms with van der Waals surface area (Å²) in [5.41, 5.74) is 6.92. The molecule has 0 bridgehead atoms. The Morgan fingerprint density at radius 1 is 1.33 bits per heavy atom. The summed E-state index contributed by atoms with van der Waals surface area (Å²) in [6.07, 6.45) is 5.47. The highest BCUT2D eigenvalue weighted by atomic mass is 16.4. The predicted molar refractivity (Wildman–Crippen MR) is 79.7 cm³/mol. The average molecular weight is 292 g/mol. The lowest BCUT2D eigenvalue weighted by atomic mass is 9.93. The second-order valence-electron chi connectivity index (χ2n) is 5.25. The summed E-state index contributed by atoms with van der Waals surface area (Å²) in [7, 11) is 0. The number of anilines is 2. The van der Waals surface area contributed by atoms with Crippen LogP contribution in [0.3, 0.4) is 0 Å². The lowest BCUT2D eigenvalue weighted by Gasteiger charge is -2.27. The maximum atomic E-state index is 10.7. The van der Waals surface area contributed by atoms with E-state index in [9.17, 15) is 9.90 Å². The highest BCUT2D eigenvalue weighted by Crippen LogP contribution is 2.25. The maximum Gasteiger partial charge on any atom is 0.328 e. The number of aliphatic hydroxyl groups is 1. The van der Waals surface area contributed by atoms with Crippen LogP contribution in [0.2, 0.25) is 0 Å². The number of nitrogens with one attached hydrogen (secondary N) is 1. The minimum atomic E-state index is -1.03. The van der Waals surface area contributed by atoms with E-state index in [0.29, 0.717) is 17.1 Å². The number of carbonyl (C=O) groups is 1. The molecule has 0 amide bonds. The molecule has 7 nitrogen and oxygen atoms in total. The molecule has 114 valence electrons. The van der Waals surface area contributed by atoms with Gasteiger partial charge in [-0.05, 0) is 38.7 Å². The van der Waals surface area contributed by atoms with Gasteiger partial charge in [-0.15, -0.1) is 0 Å². The Hall–Kier alpha value is -2.15. The number of carboxylic acid groups (broad SMARTS) is 1. The van der Waals surface area contributed by atoms with Crippen molar-refractivity contribution in [2.45, 2.75) is 44.8 Å². The standard InChI is InChI=1S/C14H20N4O3/c1-8-11(6-7-12(20)21)13(18-14(15)16-8)17-9-2-4-10(19)5-3-9/h6-7,9-10,19H,2-5H2,1H3,(H,20,21)(H3,15,16,17,18). The Balaban J connectivity index is 2.22. The second kappa shape index (κ2) is 6.53. The van der Waals surface area contributed by atoms with Crippen molar-refractivity contribution in [3.05, 3.63) is 17.3 Å². The van der Waals surface area contributed by atoms with Crippen molar-refractivity contribution in [2.24, 2.45) is 0 Å². The Morgan fingerprint density at radius 3 is 2.62 bits per heavy atom. The number of hydrogen-bond acceptors (Lipinski definition) is 6. The van der Waals surface area contributed by atoms with Crippen LogP contribution in [-0.4, -0.2) is 38.3 Å². The van der Waals surface area contributed by atoms with E-state index in [1.807, 2.05) is 0 Å². The molecule has 0 saturated heterocycles. The molecule has 1 aliphatic carbocycles. The number of nitrogens with two attached hydrogens (primary N) is 1. The zero-order chi connectivity index (χ0) is 15.4. The zero-order valence-corrected chi connectivity index (χ0v) is 11.9. The van der Waals surface area contributed by atoms with Crippen molar-refractivity contribution in [3.63, 3.8) is 0 Å². The van der Waals surface area contributed by atoms with Gasteiger partial charge < -0.3 is 21.3 Å². The van der Waals surface area contributed by atoms with Gasteiger partial charge in [-0.3, -0.25) is 0 Å². The van der Waals surface area contributed by atoms with E-state index in [0.717, 1.165) is 31.8 Å². The van der Waals surface area contributed by atoms with Crippen molar-refractivity contribution in [1.29, 1.82) is 0 Å². The Kier molecular flexibility index (Phi) is 4.74. The van der Waals surface area contributed by atoms with Gasteiger partial charge >= 0.3 is 5.97 Å². The van der Waals surface area contributed by atoms with Gasteiger partial charge in [0.2, 0.25) is 5.95 Å². The van der Waals surface area contributed by atoms with Crippen LogP contribution < -0.4 is 11.1 Å². The number of carboxylic acids is 1. The van der Waals surface area contributed by atoms with Gasteiger partial charge in [-0.25, -0.2) is 9.78 Å². The van der Waals surface area contributed by atoms with Crippen molar-refractivity contribution >= 4 is 23.8 Å². The normalized spacial score (nSPS) is 22.4. The lowest BCUT2D eigenvalue weighted by molar-refractivity contribution is -0.131. The number of aliphatic hydroxyl groups excluding tert-OH is 1. The molecule has 21 heavy (non-hydrogen) atoms. The van der Waals surface area contributed by atoms with Crippen LogP contribution in [0, 0.1) is 6.92 Å². The summed E-state index contributed by atoms with van der Waals surface area (Å²) in [6, 6.07) is 0.194. The highest BCUT2D eigenvalue weighted by molar-refractivity contribution is 5.86. The van der Waals surface area contributed by atoms with E-state index in [4.69, 9.17) is 10.8 Å². The van der Waals surface area contributed by atoms with Crippen LogP contribution in [0.4, 0.5) is 11.8 Å². The van der Waals surface area contributed by atoms with Gasteiger partial charge in [0.05, 0.1) is 11.8 Å². The van der Waals surface area contributed by atoms with Crippen molar-refractivity contribution in [1.82, 2.24) is 9.97 Å². The number of nitrogens with zero attached hydrogens (tertiary/aromatic N) is 2. The largest absolute Gasteiger partial charge is 0.478 e. The smallest absolute Gasteiger partial charge is 0.328 e. The first kappa shape index (κ1) is 15.2. The SMILES string of the molecule is Cc1nc(N)nc(NC2CCC(O)CC2)c1C=CC(=O)O. The summed E-state index contributed by atoms with van der Waals surface area (Å²) >= 11 is 0. The molecule has 7 heteroatoms. The van der Waals surface area contributed by atoms with E-state index in [1.165, 1.54) is 6.08 Å². The van der Waals surface area contributed by atoms with E-state index in [2.05, 4.69) is 15.3 Å². The molecule has 5 N–H and O–H groups in total. The summed E-state index contributed by atoms with van der Waals surface area (Å²) in [5.74, 6) is -0.338. The first-order chi connectivity index (χ1) is 9.95. The average Bonchev–Trinajstić information content (AvgIpc) is 2.40. The minimum Gasteiger partial charge on any atom is -0.478 e. The Bertz CT molecular complexity index is 551. The van der Waals surface area contributed by atoms with Gasteiger partial charge in [0.15, 0.2) is 0 Å². The Labute approximate surface area is 122 Å². The zero-order valence-electron chi connectivity index (χ0n) is 11.9. The van der Waals surface area contributed by atoms with Crippen LogP contribution in [0.5, 0.6) is 0 Å². The maximum absolute atomic E-state index is 10.7. The molecule has 0 atom stereocenters. The van der Waals surface area contributed by atoms with Gasteiger partial charge in [-0.2, -0.15) is 4.98 Å². The van der Waals surface area contributed by atoms with Crippen LogP contribution in [0.25, 0.3) is 6.08 Å². The van der Waals surface area contributed by atoms with Crippen LogP contribution in [0.1, 0.15) is 36.9 Å². The molecule has 0 radical (unpaired) electrons. The molecular weight excluding hydrogens is 272 g/mol. The molecule has 1 saturated carbocycles. The molecular formula is C14H20N4O3. The number of aromatic nitrogens is 2. The van der Waals surface area contributed by atoms with Crippen molar-refractivity contribution in [2.75, 3.05) is 11.1 Å². The molecule has 2 rings (SSSR count). The van der Waals surface area contributed by atoms with Crippen LogP contribution in [-0.2, 0) is 4.79 Å². The third-order valence-corrected chi connectivity index (χ3v) is 3.58. The van der Waals surface area contributed by atoms with Crippen molar-refractivity contribution in [3.8, 4) is 0 Å². The number of aryl methyl sites for hydroxylation is 1. The number of hydrogen-bond donors (Lipinski definition) is 4. The summed E-state index contributed by atoms with van der Waals surface area (Å²) in [6.45, 7) is 1.76.